The Hall–Kier alpha value is -1.10. The number of hydrazine groups is 1. The summed E-state index contributed by atoms with van der Waals surface area (Å²) >= 11 is 1.93. The fourth-order valence-corrected chi connectivity index (χ4v) is 3.03. The van der Waals surface area contributed by atoms with Crippen LogP contribution in [0.15, 0.2) is 30.3 Å². The molecule has 0 bridgehead atoms. The molecule has 1 heterocycles. The molecule has 1 aromatic carbocycles. The first-order valence-corrected chi connectivity index (χ1v) is 7.81. The van der Waals surface area contributed by atoms with Crippen molar-refractivity contribution in [2.75, 3.05) is 11.5 Å². The van der Waals surface area contributed by atoms with Crippen LogP contribution in [0.3, 0.4) is 0 Å². The number of nitrogens with two attached hydrogens (primary N) is 1. The average molecular weight is 275 g/mol. The molecule has 0 radical (unpaired) electrons. The summed E-state index contributed by atoms with van der Waals surface area (Å²) in [6.45, 7) is 4.21. The van der Waals surface area contributed by atoms with Gasteiger partial charge in [-0.25, -0.2) is 0 Å². The lowest BCUT2D eigenvalue weighted by molar-refractivity contribution is 0.611. The number of nitrogens with one attached hydrogen (secondary N) is 1. The van der Waals surface area contributed by atoms with Crippen molar-refractivity contribution >= 4 is 22.7 Å². The molecule has 1 unspecified atom stereocenters. The number of rotatable bonds is 6. The number of hydrogen-bond acceptors (Lipinski definition) is 4. The quantitative estimate of drug-likeness (QED) is 0.483. The van der Waals surface area contributed by atoms with Gasteiger partial charge in [0.15, 0.2) is 0 Å². The average Bonchev–Trinajstić information content (AvgIpc) is 2.43. The third-order valence-electron chi connectivity index (χ3n) is 3.09. The molecule has 0 aliphatic carbocycles. The summed E-state index contributed by atoms with van der Waals surface area (Å²) in [5, 5.41) is 1.17. The molecule has 3 N–H and O–H groups in total. The molecule has 19 heavy (non-hydrogen) atoms. The SMILES string of the molecule is CCCSCC(NN)c1ccc2nc(C)ccc2c1. The van der Waals surface area contributed by atoms with Crippen LogP contribution < -0.4 is 11.3 Å². The van der Waals surface area contributed by atoms with Crippen LogP contribution in [-0.2, 0) is 0 Å². The van der Waals surface area contributed by atoms with Crippen LogP contribution in [0.4, 0.5) is 0 Å². The van der Waals surface area contributed by atoms with E-state index in [1.807, 2.05) is 24.8 Å². The number of aromatic nitrogens is 1. The summed E-state index contributed by atoms with van der Waals surface area (Å²) in [4.78, 5) is 4.52. The summed E-state index contributed by atoms with van der Waals surface area (Å²) in [7, 11) is 0. The zero-order valence-electron chi connectivity index (χ0n) is 11.5. The van der Waals surface area contributed by atoms with Gasteiger partial charge >= 0.3 is 0 Å². The minimum atomic E-state index is 0.197. The van der Waals surface area contributed by atoms with Crippen LogP contribution in [0.25, 0.3) is 10.9 Å². The Morgan fingerprint density at radius 1 is 1.32 bits per heavy atom. The number of aryl methyl sites for hydroxylation is 1. The highest BCUT2D eigenvalue weighted by molar-refractivity contribution is 7.99. The van der Waals surface area contributed by atoms with Gasteiger partial charge in [0, 0.05) is 16.8 Å². The molecule has 1 atom stereocenters. The van der Waals surface area contributed by atoms with E-state index in [0.29, 0.717) is 0 Å². The lowest BCUT2D eigenvalue weighted by Gasteiger charge is -2.16. The first kappa shape index (κ1) is 14.3. The van der Waals surface area contributed by atoms with E-state index in [1.165, 1.54) is 23.1 Å². The van der Waals surface area contributed by atoms with Crippen LogP contribution in [0.1, 0.15) is 30.6 Å². The van der Waals surface area contributed by atoms with Crippen LogP contribution in [0, 0.1) is 6.92 Å². The maximum atomic E-state index is 5.68. The van der Waals surface area contributed by atoms with Crippen molar-refractivity contribution in [3.63, 3.8) is 0 Å². The van der Waals surface area contributed by atoms with Crippen molar-refractivity contribution in [2.24, 2.45) is 5.84 Å². The van der Waals surface area contributed by atoms with Crippen LogP contribution in [0.5, 0.6) is 0 Å². The predicted octanol–water partition coefficient (Wildman–Crippen LogP) is 3.19. The zero-order valence-corrected chi connectivity index (χ0v) is 12.3. The van der Waals surface area contributed by atoms with Gasteiger partial charge in [-0.2, -0.15) is 11.8 Å². The van der Waals surface area contributed by atoms with Gasteiger partial charge in [0.25, 0.3) is 0 Å². The minimum Gasteiger partial charge on any atom is -0.271 e. The Labute approximate surface area is 119 Å². The second-order valence-electron chi connectivity index (χ2n) is 4.70. The summed E-state index contributed by atoms with van der Waals surface area (Å²) in [6, 6.07) is 10.7. The van der Waals surface area contributed by atoms with Crippen molar-refractivity contribution in [3.8, 4) is 0 Å². The van der Waals surface area contributed by atoms with E-state index >= 15 is 0 Å². The van der Waals surface area contributed by atoms with E-state index in [0.717, 1.165) is 17.0 Å². The Bertz CT molecular complexity index is 542. The molecule has 3 nitrogen and oxygen atoms in total. The van der Waals surface area contributed by atoms with Crippen LogP contribution in [0.2, 0.25) is 0 Å². The number of thioether (sulfide) groups is 1. The number of fused-ring (bicyclic) bond motifs is 1. The minimum absolute atomic E-state index is 0.197. The highest BCUT2D eigenvalue weighted by atomic mass is 32.2. The Balaban J connectivity index is 2.20. The number of nitrogens with zero attached hydrogens (tertiary/aromatic N) is 1. The van der Waals surface area contributed by atoms with Crippen molar-refractivity contribution in [3.05, 3.63) is 41.6 Å². The standard InChI is InChI=1S/C15H21N3S/c1-3-8-19-10-15(18-16)13-6-7-14-12(9-13)5-4-11(2)17-14/h4-7,9,15,18H,3,8,10,16H2,1-2H3. The van der Waals surface area contributed by atoms with Crippen LogP contribution >= 0.6 is 11.8 Å². The first-order chi connectivity index (χ1) is 9.24. The summed E-state index contributed by atoms with van der Waals surface area (Å²) in [5.74, 6) is 7.84. The van der Waals surface area contributed by atoms with Gasteiger partial charge in [-0.05, 0) is 42.9 Å². The van der Waals surface area contributed by atoms with Gasteiger partial charge in [0.05, 0.1) is 11.6 Å². The molecular weight excluding hydrogens is 254 g/mol. The number of hydrogen-bond donors (Lipinski definition) is 2. The molecule has 102 valence electrons. The molecular formula is C15H21N3S. The van der Waals surface area contributed by atoms with Crippen LogP contribution in [-0.4, -0.2) is 16.5 Å². The molecule has 0 aliphatic rings. The maximum absolute atomic E-state index is 5.68. The smallest absolute Gasteiger partial charge is 0.0705 e. The summed E-state index contributed by atoms with van der Waals surface area (Å²) < 4.78 is 0. The largest absolute Gasteiger partial charge is 0.271 e. The topological polar surface area (TPSA) is 50.9 Å². The van der Waals surface area contributed by atoms with Crippen molar-refractivity contribution in [1.82, 2.24) is 10.4 Å². The molecule has 0 fully saturated rings. The van der Waals surface area contributed by atoms with Gasteiger partial charge < -0.3 is 0 Å². The van der Waals surface area contributed by atoms with Gasteiger partial charge in [0.2, 0.25) is 0 Å². The Kier molecular flexibility index (Phi) is 5.19. The Morgan fingerprint density at radius 2 is 2.16 bits per heavy atom. The lowest BCUT2D eigenvalue weighted by Crippen LogP contribution is -2.29. The Morgan fingerprint density at radius 3 is 2.89 bits per heavy atom. The second kappa shape index (κ2) is 6.89. The molecule has 2 aromatic rings. The summed E-state index contributed by atoms with van der Waals surface area (Å²) in [5.41, 5.74) is 6.23. The van der Waals surface area contributed by atoms with Gasteiger partial charge in [-0.15, -0.1) is 0 Å². The van der Waals surface area contributed by atoms with Gasteiger partial charge in [-0.1, -0.05) is 19.1 Å². The molecule has 0 saturated heterocycles. The van der Waals surface area contributed by atoms with E-state index < -0.39 is 0 Å². The normalized spacial score (nSPS) is 12.8. The fourth-order valence-electron chi connectivity index (χ4n) is 2.05. The predicted molar refractivity (Wildman–Crippen MR) is 84.2 cm³/mol. The van der Waals surface area contributed by atoms with E-state index in [4.69, 9.17) is 5.84 Å². The van der Waals surface area contributed by atoms with E-state index in [1.54, 1.807) is 0 Å². The molecule has 0 amide bonds. The van der Waals surface area contributed by atoms with Crippen molar-refractivity contribution in [1.29, 1.82) is 0 Å². The molecule has 0 spiro atoms. The molecule has 4 heteroatoms. The third-order valence-corrected chi connectivity index (χ3v) is 4.35. The number of pyridine rings is 1. The fraction of sp³-hybridized carbons (Fsp3) is 0.400. The van der Waals surface area contributed by atoms with Gasteiger partial charge in [0.1, 0.15) is 0 Å². The molecule has 1 aromatic heterocycles. The van der Waals surface area contributed by atoms with Gasteiger partial charge in [-0.3, -0.25) is 16.3 Å². The second-order valence-corrected chi connectivity index (χ2v) is 5.85. The highest BCUT2D eigenvalue weighted by Crippen LogP contribution is 2.22. The van der Waals surface area contributed by atoms with Crippen molar-refractivity contribution < 1.29 is 0 Å². The third kappa shape index (κ3) is 3.69. The lowest BCUT2D eigenvalue weighted by atomic mass is 10.1. The van der Waals surface area contributed by atoms with E-state index in [2.05, 4.69) is 41.6 Å². The maximum Gasteiger partial charge on any atom is 0.0705 e. The number of benzene rings is 1. The molecule has 2 rings (SSSR count). The zero-order chi connectivity index (χ0) is 13.7. The van der Waals surface area contributed by atoms with E-state index in [9.17, 15) is 0 Å². The van der Waals surface area contributed by atoms with E-state index in [-0.39, 0.29) is 6.04 Å². The molecule has 0 saturated carbocycles. The van der Waals surface area contributed by atoms with Crippen molar-refractivity contribution in [2.45, 2.75) is 26.3 Å². The monoisotopic (exact) mass is 275 g/mol. The molecule has 0 aliphatic heterocycles. The highest BCUT2D eigenvalue weighted by Gasteiger charge is 2.10. The summed E-state index contributed by atoms with van der Waals surface area (Å²) in [6.07, 6.45) is 1.20. The first-order valence-electron chi connectivity index (χ1n) is 6.65.